The average molecular weight is 379 g/mol. The first kappa shape index (κ1) is 18.4. The van der Waals surface area contributed by atoms with Crippen molar-refractivity contribution in [3.8, 4) is 11.5 Å². The van der Waals surface area contributed by atoms with E-state index < -0.39 is 6.61 Å². The molecule has 1 aliphatic carbocycles. The van der Waals surface area contributed by atoms with Gasteiger partial charge in [0.1, 0.15) is 0 Å². The van der Waals surface area contributed by atoms with Gasteiger partial charge in [-0.1, -0.05) is 18.2 Å². The van der Waals surface area contributed by atoms with Crippen molar-refractivity contribution in [1.29, 1.82) is 0 Å². The van der Waals surface area contributed by atoms with Gasteiger partial charge in [0.2, 0.25) is 5.91 Å². The van der Waals surface area contributed by atoms with Crippen molar-refractivity contribution in [1.82, 2.24) is 4.90 Å². The van der Waals surface area contributed by atoms with Crippen LogP contribution in [0.1, 0.15) is 23.3 Å². The van der Waals surface area contributed by atoms with Crippen molar-refractivity contribution in [2.24, 2.45) is 0 Å². The van der Waals surface area contributed by atoms with Crippen LogP contribution in [0.15, 0.2) is 41.8 Å². The lowest BCUT2D eigenvalue weighted by atomic mass is 10.1. The molecule has 1 aromatic carbocycles. The number of ether oxygens (including phenoxy) is 2. The van der Waals surface area contributed by atoms with Crippen molar-refractivity contribution in [2.75, 3.05) is 7.11 Å². The molecule has 1 fully saturated rings. The molecular formula is C19H19F2NO3S. The van der Waals surface area contributed by atoms with Crippen molar-refractivity contribution in [3.05, 3.63) is 52.2 Å². The number of benzene rings is 1. The molecule has 1 amide bonds. The number of carbonyl (C=O) groups excluding carboxylic acids is 1. The second-order valence-electron chi connectivity index (χ2n) is 5.87. The molecule has 0 unspecified atom stereocenters. The lowest BCUT2D eigenvalue weighted by Crippen LogP contribution is -2.30. The second-order valence-corrected chi connectivity index (χ2v) is 6.90. The number of nitrogens with zero attached hydrogens (tertiary/aromatic N) is 1. The van der Waals surface area contributed by atoms with Gasteiger partial charge in [-0.15, -0.1) is 11.3 Å². The standard InChI is InChI=1S/C19H19F2NO3S/c1-24-16-6-2-4-13(18(16)25-19(20)21)7-10-17(23)22(14-8-9-14)12-15-5-3-11-26-15/h2-7,10-11,14,19H,8-9,12H2,1H3/b10-7-. The highest BCUT2D eigenvalue weighted by Gasteiger charge is 2.31. The predicted octanol–water partition coefficient (Wildman–Crippen LogP) is 4.56. The van der Waals surface area contributed by atoms with Gasteiger partial charge in [0, 0.05) is 22.6 Å². The minimum atomic E-state index is -2.98. The Balaban J connectivity index is 1.78. The van der Waals surface area contributed by atoms with E-state index in [0.717, 1.165) is 17.7 Å². The number of halogens is 2. The Bertz CT molecular complexity index is 773. The third-order valence-electron chi connectivity index (χ3n) is 4.02. The summed E-state index contributed by atoms with van der Waals surface area (Å²) in [5, 5.41) is 1.98. The molecule has 7 heteroatoms. The molecule has 0 saturated heterocycles. The van der Waals surface area contributed by atoms with Crippen LogP contribution < -0.4 is 9.47 Å². The molecule has 1 aliphatic rings. The van der Waals surface area contributed by atoms with Crippen LogP contribution in [-0.4, -0.2) is 30.6 Å². The number of para-hydroxylation sites is 1. The first-order valence-electron chi connectivity index (χ1n) is 8.21. The maximum absolute atomic E-state index is 12.7. The summed E-state index contributed by atoms with van der Waals surface area (Å²) in [7, 11) is 1.38. The van der Waals surface area contributed by atoms with Gasteiger partial charge in [-0.2, -0.15) is 8.78 Å². The molecule has 4 nitrogen and oxygen atoms in total. The molecule has 2 aromatic rings. The summed E-state index contributed by atoms with van der Waals surface area (Å²) < 4.78 is 35.0. The van der Waals surface area contributed by atoms with E-state index in [0.29, 0.717) is 12.1 Å². The average Bonchev–Trinajstić information content (AvgIpc) is 3.33. The molecule has 0 bridgehead atoms. The van der Waals surface area contributed by atoms with Crippen molar-refractivity contribution >= 4 is 23.3 Å². The summed E-state index contributed by atoms with van der Waals surface area (Å²) in [6.45, 7) is -2.42. The van der Waals surface area contributed by atoms with E-state index in [4.69, 9.17) is 4.74 Å². The number of hydrogen-bond acceptors (Lipinski definition) is 4. The number of carbonyl (C=O) groups is 1. The number of rotatable bonds is 8. The third-order valence-corrected chi connectivity index (χ3v) is 4.88. The highest BCUT2D eigenvalue weighted by molar-refractivity contribution is 7.09. The van der Waals surface area contributed by atoms with Gasteiger partial charge in [0.15, 0.2) is 11.5 Å². The molecule has 26 heavy (non-hydrogen) atoms. The second kappa shape index (κ2) is 8.31. The summed E-state index contributed by atoms with van der Waals surface area (Å²) in [6.07, 6.45) is 4.87. The molecule has 1 saturated carbocycles. The normalized spacial score (nSPS) is 14.0. The molecule has 1 aromatic heterocycles. The summed E-state index contributed by atoms with van der Waals surface area (Å²) in [5.41, 5.74) is 0.366. The largest absolute Gasteiger partial charge is 0.493 e. The smallest absolute Gasteiger partial charge is 0.387 e. The molecule has 0 aliphatic heterocycles. The molecule has 0 atom stereocenters. The summed E-state index contributed by atoms with van der Waals surface area (Å²) in [5.74, 6) is -0.0328. The third kappa shape index (κ3) is 4.60. The highest BCUT2D eigenvalue weighted by atomic mass is 32.1. The monoisotopic (exact) mass is 379 g/mol. The number of alkyl halides is 2. The van der Waals surface area contributed by atoms with Gasteiger partial charge in [-0.05, 0) is 36.4 Å². The van der Waals surface area contributed by atoms with Crippen molar-refractivity contribution in [2.45, 2.75) is 32.0 Å². The maximum atomic E-state index is 12.7. The molecule has 0 N–H and O–H groups in total. The fraction of sp³-hybridized carbons (Fsp3) is 0.316. The fourth-order valence-corrected chi connectivity index (χ4v) is 3.34. The van der Waals surface area contributed by atoms with Gasteiger partial charge < -0.3 is 14.4 Å². The van der Waals surface area contributed by atoms with Crippen LogP contribution in [0.3, 0.4) is 0 Å². The summed E-state index contributed by atoms with van der Waals surface area (Å²) in [6, 6.07) is 8.99. The van der Waals surface area contributed by atoms with E-state index in [1.807, 2.05) is 22.4 Å². The number of methoxy groups -OCH3 is 1. The van der Waals surface area contributed by atoms with E-state index >= 15 is 0 Å². The molecule has 0 spiro atoms. The number of thiophene rings is 1. The topological polar surface area (TPSA) is 38.8 Å². The molecule has 138 valence electrons. The molecule has 3 rings (SSSR count). The Morgan fingerprint density at radius 1 is 1.35 bits per heavy atom. The first-order chi connectivity index (χ1) is 12.6. The Morgan fingerprint density at radius 3 is 2.77 bits per heavy atom. The molecular weight excluding hydrogens is 360 g/mol. The van der Waals surface area contributed by atoms with E-state index in [-0.39, 0.29) is 23.4 Å². The SMILES string of the molecule is COc1cccc(/C=C\C(=O)N(Cc2cccs2)C2CC2)c1OC(F)F. The summed E-state index contributed by atoms with van der Waals surface area (Å²) >= 11 is 1.60. The minimum Gasteiger partial charge on any atom is -0.493 e. The molecule has 0 radical (unpaired) electrons. The van der Waals surface area contributed by atoms with Gasteiger partial charge >= 0.3 is 6.61 Å². The summed E-state index contributed by atoms with van der Waals surface area (Å²) in [4.78, 5) is 15.6. The Kier molecular flexibility index (Phi) is 5.88. The van der Waals surface area contributed by atoms with Gasteiger partial charge in [0.25, 0.3) is 0 Å². The number of hydrogen-bond donors (Lipinski definition) is 0. The van der Waals surface area contributed by atoms with Crippen LogP contribution in [0.4, 0.5) is 8.78 Å². The fourth-order valence-electron chi connectivity index (χ4n) is 2.64. The van der Waals surface area contributed by atoms with Gasteiger partial charge in [-0.25, -0.2) is 0 Å². The maximum Gasteiger partial charge on any atom is 0.387 e. The van der Waals surface area contributed by atoms with Crippen molar-refractivity contribution < 1.29 is 23.0 Å². The zero-order chi connectivity index (χ0) is 18.5. The highest BCUT2D eigenvalue weighted by Crippen LogP contribution is 2.34. The number of amides is 1. The Morgan fingerprint density at radius 2 is 2.15 bits per heavy atom. The van der Waals surface area contributed by atoms with E-state index in [9.17, 15) is 13.6 Å². The lowest BCUT2D eigenvalue weighted by molar-refractivity contribution is -0.127. The van der Waals surface area contributed by atoms with Crippen LogP contribution in [-0.2, 0) is 11.3 Å². The van der Waals surface area contributed by atoms with Crippen LogP contribution in [0, 0.1) is 0 Å². The van der Waals surface area contributed by atoms with Gasteiger partial charge in [0.05, 0.1) is 13.7 Å². The lowest BCUT2D eigenvalue weighted by Gasteiger charge is -2.20. The first-order valence-corrected chi connectivity index (χ1v) is 9.09. The minimum absolute atomic E-state index is 0.0784. The Labute approximate surface area is 154 Å². The Hall–Kier alpha value is -2.41. The quantitative estimate of drug-likeness (QED) is 0.631. The van der Waals surface area contributed by atoms with Crippen LogP contribution in [0.25, 0.3) is 6.08 Å². The van der Waals surface area contributed by atoms with Crippen molar-refractivity contribution in [3.63, 3.8) is 0 Å². The zero-order valence-electron chi connectivity index (χ0n) is 14.2. The van der Waals surface area contributed by atoms with E-state index in [2.05, 4.69) is 4.74 Å². The van der Waals surface area contributed by atoms with Crippen LogP contribution >= 0.6 is 11.3 Å². The van der Waals surface area contributed by atoms with E-state index in [1.165, 1.54) is 25.3 Å². The van der Waals surface area contributed by atoms with E-state index in [1.54, 1.807) is 23.5 Å². The zero-order valence-corrected chi connectivity index (χ0v) is 15.0. The predicted molar refractivity (Wildman–Crippen MR) is 96.6 cm³/mol. The van der Waals surface area contributed by atoms with Gasteiger partial charge in [-0.3, -0.25) is 4.79 Å². The van der Waals surface area contributed by atoms with Crippen LogP contribution in [0.5, 0.6) is 11.5 Å². The molecule has 1 heterocycles. The van der Waals surface area contributed by atoms with Crippen LogP contribution in [0.2, 0.25) is 0 Å².